The van der Waals surface area contributed by atoms with E-state index in [-0.39, 0.29) is 0 Å². The molecule has 3 heteroatoms. The predicted octanol–water partition coefficient (Wildman–Crippen LogP) is 0.392. The van der Waals surface area contributed by atoms with E-state index in [1.807, 2.05) is 0 Å². The first-order chi connectivity index (χ1) is 5.36. The van der Waals surface area contributed by atoms with Gasteiger partial charge in [-0.3, -0.25) is 4.90 Å². The quantitative estimate of drug-likeness (QED) is 0.594. The van der Waals surface area contributed by atoms with Crippen LogP contribution in [0.2, 0.25) is 0 Å². The lowest BCUT2D eigenvalue weighted by Gasteiger charge is -2.21. The minimum absolute atomic E-state index is 0.560. The van der Waals surface area contributed by atoms with Gasteiger partial charge in [0.25, 0.3) is 0 Å². The second kappa shape index (κ2) is 3.07. The Balaban J connectivity index is 1.85. The van der Waals surface area contributed by atoms with E-state index in [4.69, 9.17) is 0 Å². The summed E-state index contributed by atoms with van der Waals surface area (Å²) in [6.45, 7) is 3.81. The van der Waals surface area contributed by atoms with Gasteiger partial charge in [0.15, 0.2) is 0 Å². The number of alkyl halides is 1. The van der Waals surface area contributed by atoms with Gasteiger partial charge in [0.05, 0.1) is 0 Å². The average molecular weight is 158 g/mol. The molecule has 2 atom stereocenters. The number of hydrogen-bond acceptors (Lipinski definition) is 2. The van der Waals surface area contributed by atoms with Gasteiger partial charge in [-0.05, 0) is 19.4 Å². The highest BCUT2D eigenvalue weighted by molar-refractivity contribution is 4.86. The van der Waals surface area contributed by atoms with E-state index < -0.39 is 6.17 Å². The zero-order valence-corrected chi connectivity index (χ0v) is 6.72. The maximum absolute atomic E-state index is 12.8. The standard InChI is InChI=1S/C8H15FN2/c9-7-2-4-11(6-7)8-1-3-10-5-8/h7-8,10H,1-6H2/t7-,8+/m1/s1. The van der Waals surface area contributed by atoms with Gasteiger partial charge in [-0.15, -0.1) is 0 Å². The van der Waals surface area contributed by atoms with Crippen molar-refractivity contribution in [2.45, 2.75) is 25.1 Å². The summed E-state index contributed by atoms with van der Waals surface area (Å²) in [5.74, 6) is 0. The molecular formula is C8H15FN2. The van der Waals surface area contributed by atoms with Crippen LogP contribution in [-0.2, 0) is 0 Å². The van der Waals surface area contributed by atoms with Crippen LogP contribution in [0.3, 0.4) is 0 Å². The minimum Gasteiger partial charge on any atom is -0.315 e. The second-order valence-corrected chi connectivity index (χ2v) is 3.53. The molecule has 2 aliphatic heterocycles. The van der Waals surface area contributed by atoms with Crippen LogP contribution in [-0.4, -0.2) is 43.3 Å². The van der Waals surface area contributed by atoms with Crippen molar-refractivity contribution in [2.75, 3.05) is 26.2 Å². The molecule has 1 N–H and O–H groups in total. The molecule has 0 saturated carbocycles. The smallest absolute Gasteiger partial charge is 0.114 e. The molecule has 0 unspecified atom stereocenters. The van der Waals surface area contributed by atoms with Crippen molar-refractivity contribution in [1.82, 2.24) is 10.2 Å². The van der Waals surface area contributed by atoms with Crippen molar-refractivity contribution in [1.29, 1.82) is 0 Å². The zero-order valence-electron chi connectivity index (χ0n) is 6.72. The molecule has 0 radical (unpaired) electrons. The van der Waals surface area contributed by atoms with Crippen LogP contribution in [0.15, 0.2) is 0 Å². The highest BCUT2D eigenvalue weighted by Gasteiger charge is 2.29. The van der Waals surface area contributed by atoms with E-state index in [9.17, 15) is 4.39 Å². The van der Waals surface area contributed by atoms with Gasteiger partial charge in [0.2, 0.25) is 0 Å². The van der Waals surface area contributed by atoms with E-state index >= 15 is 0 Å². The highest BCUT2D eigenvalue weighted by Crippen LogP contribution is 2.18. The third-order valence-electron chi connectivity index (χ3n) is 2.71. The Hall–Kier alpha value is -0.150. The Morgan fingerprint density at radius 1 is 1.36 bits per heavy atom. The van der Waals surface area contributed by atoms with Crippen molar-refractivity contribution in [2.24, 2.45) is 0 Å². The molecule has 0 aromatic carbocycles. The van der Waals surface area contributed by atoms with Gasteiger partial charge < -0.3 is 5.32 Å². The van der Waals surface area contributed by atoms with E-state index in [2.05, 4.69) is 10.2 Å². The molecule has 0 spiro atoms. The summed E-state index contributed by atoms with van der Waals surface area (Å²) >= 11 is 0. The SMILES string of the molecule is F[C@@H]1CCN([C@H]2CCNC2)C1. The average Bonchev–Trinajstić information content (AvgIpc) is 2.55. The molecule has 0 aliphatic carbocycles. The largest absolute Gasteiger partial charge is 0.315 e. The number of halogens is 1. The first-order valence-electron chi connectivity index (χ1n) is 4.45. The summed E-state index contributed by atoms with van der Waals surface area (Å²) in [5, 5.41) is 3.30. The fraction of sp³-hybridized carbons (Fsp3) is 1.00. The highest BCUT2D eigenvalue weighted by atomic mass is 19.1. The monoisotopic (exact) mass is 158 g/mol. The Morgan fingerprint density at radius 3 is 2.82 bits per heavy atom. The first kappa shape index (κ1) is 7.50. The fourth-order valence-electron chi connectivity index (χ4n) is 2.03. The van der Waals surface area contributed by atoms with E-state index in [0.717, 1.165) is 26.1 Å². The Bertz CT molecular complexity index is 134. The van der Waals surface area contributed by atoms with Gasteiger partial charge in [-0.2, -0.15) is 0 Å². The number of nitrogens with zero attached hydrogens (tertiary/aromatic N) is 1. The normalized spacial score (nSPS) is 40.1. The molecule has 11 heavy (non-hydrogen) atoms. The summed E-state index contributed by atoms with van der Waals surface area (Å²) < 4.78 is 12.8. The molecule has 2 fully saturated rings. The lowest BCUT2D eigenvalue weighted by molar-refractivity contribution is 0.233. The van der Waals surface area contributed by atoms with E-state index in [1.165, 1.54) is 6.42 Å². The van der Waals surface area contributed by atoms with Crippen LogP contribution < -0.4 is 5.32 Å². The number of nitrogens with one attached hydrogen (secondary N) is 1. The van der Waals surface area contributed by atoms with Crippen LogP contribution in [0.4, 0.5) is 4.39 Å². The maximum Gasteiger partial charge on any atom is 0.114 e. The van der Waals surface area contributed by atoms with Crippen LogP contribution >= 0.6 is 0 Å². The van der Waals surface area contributed by atoms with Gasteiger partial charge in [-0.25, -0.2) is 4.39 Å². The molecule has 2 aliphatic rings. The van der Waals surface area contributed by atoms with Gasteiger partial charge in [-0.1, -0.05) is 0 Å². The third-order valence-corrected chi connectivity index (χ3v) is 2.71. The third kappa shape index (κ3) is 1.54. The van der Waals surface area contributed by atoms with Crippen LogP contribution in [0.25, 0.3) is 0 Å². The molecule has 64 valence electrons. The molecule has 0 aromatic heterocycles. The predicted molar refractivity (Wildman–Crippen MR) is 42.4 cm³/mol. The molecule has 0 aromatic rings. The van der Waals surface area contributed by atoms with Crippen molar-refractivity contribution < 1.29 is 4.39 Å². The number of likely N-dealkylation sites (tertiary alicyclic amines) is 1. The molecule has 2 nitrogen and oxygen atoms in total. The maximum atomic E-state index is 12.8. The fourth-order valence-corrected chi connectivity index (χ4v) is 2.03. The van der Waals surface area contributed by atoms with Gasteiger partial charge in [0, 0.05) is 25.7 Å². The summed E-state index contributed by atoms with van der Waals surface area (Å²) in [4.78, 5) is 2.28. The lowest BCUT2D eigenvalue weighted by atomic mass is 10.2. The Kier molecular flexibility index (Phi) is 2.09. The number of hydrogen-bond donors (Lipinski definition) is 1. The summed E-state index contributed by atoms with van der Waals surface area (Å²) in [6, 6.07) is 0.621. The summed E-state index contributed by atoms with van der Waals surface area (Å²) in [6.07, 6.45) is 1.39. The van der Waals surface area contributed by atoms with Crippen molar-refractivity contribution in [3.05, 3.63) is 0 Å². The topological polar surface area (TPSA) is 15.3 Å². The minimum atomic E-state index is -0.560. The van der Waals surface area contributed by atoms with Crippen molar-refractivity contribution in [3.63, 3.8) is 0 Å². The lowest BCUT2D eigenvalue weighted by Crippen LogP contribution is -2.35. The van der Waals surface area contributed by atoms with Crippen molar-refractivity contribution >= 4 is 0 Å². The second-order valence-electron chi connectivity index (χ2n) is 3.53. The van der Waals surface area contributed by atoms with Gasteiger partial charge >= 0.3 is 0 Å². The van der Waals surface area contributed by atoms with Crippen LogP contribution in [0, 0.1) is 0 Å². The van der Waals surface area contributed by atoms with E-state index in [1.54, 1.807) is 0 Å². The van der Waals surface area contributed by atoms with Crippen LogP contribution in [0.5, 0.6) is 0 Å². The molecule has 2 saturated heterocycles. The Labute approximate surface area is 66.8 Å². The number of rotatable bonds is 1. The zero-order chi connectivity index (χ0) is 7.68. The van der Waals surface area contributed by atoms with Crippen molar-refractivity contribution in [3.8, 4) is 0 Å². The molecule has 2 rings (SSSR count). The molecule has 0 bridgehead atoms. The van der Waals surface area contributed by atoms with Crippen LogP contribution in [0.1, 0.15) is 12.8 Å². The summed E-state index contributed by atoms with van der Waals surface area (Å²) in [7, 11) is 0. The first-order valence-corrected chi connectivity index (χ1v) is 4.45. The molecular weight excluding hydrogens is 143 g/mol. The van der Waals surface area contributed by atoms with Gasteiger partial charge in [0.1, 0.15) is 6.17 Å². The Morgan fingerprint density at radius 2 is 2.27 bits per heavy atom. The van der Waals surface area contributed by atoms with E-state index in [0.29, 0.717) is 12.6 Å². The summed E-state index contributed by atoms with van der Waals surface area (Å²) in [5.41, 5.74) is 0. The molecule has 2 heterocycles. The molecule has 0 amide bonds.